The van der Waals surface area contributed by atoms with Crippen molar-refractivity contribution in [2.75, 3.05) is 13.1 Å². The first-order valence-corrected chi connectivity index (χ1v) is 6.90. The number of pyridine rings is 1. The minimum absolute atomic E-state index is 0.211. The maximum atomic E-state index is 13.6. The summed E-state index contributed by atoms with van der Waals surface area (Å²) in [6, 6.07) is 1.23. The Labute approximate surface area is 118 Å². The molecule has 1 amide bonds. The van der Waals surface area contributed by atoms with Crippen LogP contribution in [0.5, 0.6) is 0 Å². The Morgan fingerprint density at radius 3 is 2.45 bits per heavy atom. The Morgan fingerprint density at radius 2 is 1.90 bits per heavy atom. The van der Waals surface area contributed by atoms with E-state index in [1.807, 2.05) is 0 Å². The molecule has 1 aromatic heterocycles. The van der Waals surface area contributed by atoms with Crippen molar-refractivity contribution >= 4 is 5.91 Å². The third-order valence-corrected chi connectivity index (χ3v) is 4.08. The van der Waals surface area contributed by atoms with Crippen molar-refractivity contribution in [1.29, 1.82) is 0 Å². The molecule has 1 aliphatic heterocycles. The highest BCUT2D eigenvalue weighted by molar-refractivity contribution is 5.94. The fraction of sp³-hybridized carbons (Fsp3) is 0.600. The zero-order valence-corrected chi connectivity index (χ0v) is 12.1. The second kappa shape index (κ2) is 5.46. The molecule has 3 nitrogen and oxygen atoms in total. The summed E-state index contributed by atoms with van der Waals surface area (Å²) in [5, 5.41) is 0. The molecule has 2 rings (SSSR count). The van der Waals surface area contributed by atoms with Crippen molar-refractivity contribution in [3.05, 3.63) is 29.6 Å². The van der Waals surface area contributed by atoms with Crippen LogP contribution in [-0.4, -0.2) is 28.9 Å². The number of halogens is 2. The third-order valence-electron chi connectivity index (χ3n) is 4.08. The highest BCUT2D eigenvalue weighted by atomic mass is 19.2. The van der Waals surface area contributed by atoms with Crippen LogP contribution in [0.1, 0.15) is 44.0 Å². The van der Waals surface area contributed by atoms with Crippen LogP contribution >= 0.6 is 0 Å². The first kappa shape index (κ1) is 14.9. The minimum Gasteiger partial charge on any atom is -0.339 e. The summed E-state index contributed by atoms with van der Waals surface area (Å²) in [5.41, 5.74) is -0.0184. The van der Waals surface area contributed by atoms with Crippen molar-refractivity contribution in [3.8, 4) is 0 Å². The van der Waals surface area contributed by atoms with Crippen molar-refractivity contribution in [2.45, 2.75) is 33.6 Å². The Bertz CT molecular complexity index is 503. The van der Waals surface area contributed by atoms with E-state index in [1.54, 1.807) is 4.90 Å². The molecule has 1 aromatic rings. The lowest BCUT2D eigenvalue weighted by molar-refractivity contribution is 0.0603. The van der Waals surface area contributed by atoms with E-state index in [0.29, 0.717) is 19.0 Å². The molecule has 5 heteroatoms. The standard InChI is InChI=1S/C15H20F2N2O/c1-15(2,3)10-5-8-19(9-6-10)14(20)11-4-7-18-13(17)12(11)16/h4,7,10H,5-6,8-9H2,1-3H3. The lowest BCUT2D eigenvalue weighted by Crippen LogP contribution is -2.41. The molecular weight excluding hydrogens is 262 g/mol. The molecule has 0 unspecified atom stereocenters. The van der Waals surface area contributed by atoms with Gasteiger partial charge in [0, 0.05) is 19.3 Å². The SMILES string of the molecule is CC(C)(C)C1CCN(C(=O)c2ccnc(F)c2F)CC1. The van der Waals surface area contributed by atoms with Gasteiger partial charge in [0.25, 0.3) is 5.91 Å². The monoisotopic (exact) mass is 282 g/mol. The van der Waals surface area contributed by atoms with Crippen LogP contribution in [0.3, 0.4) is 0 Å². The van der Waals surface area contributed by atoms with Gasteiger partial charge in [0.15, 0.2) is 5.82 Å². The van der Waals surface area contributed by atoms with Crippen molar-refractivity contribution in [1.82, 2.24) is 9.88 Å². The van der Waals surface area contributed by atoms with Crippen molar-refractivity contribution in [2.24, 2.45) is 11.3 Å². The van der Waals surface area contributed by atoms with Crippen LogP contribution < -0.4 is 0 Å². The summed E-state index contributed by atoms with van der Waals surface area (Å²) >= 11 is 0. The zero-order valence-electron chi connectivity index (χ0n) is 12.1. The normalized spacial score (nSPS) is 17.4. The number of hydrogen-bond donors (Lipinski definition) is 0. The maximum absolute atomic E-state index is 13.6. The number of carbonyl (C=O) groups is 1. The first-order valence-electron chi connectivity index (χ1n) is 6.90. The number of amides is 1. The largest absolute Gasteiger partial charge is 0.339 e. The van der Waals surface area contributed by atoms with Crippen LogP contribution in [0.15, 0.2) is 12.3 Å². The number of nitrogens with zero attached hydrogens (tertiary/aromatic N) is 2. The van der Waals surface area contributed by atoms with E-state index >= 15 is 0 Å². The van der Waals surface area contributed by atoms with Crippen molar-refractivity contribution in [3.63, 3.8) is 0 Å². The molecule has 1 aliphatic rings. The number of hydrogen-bond acceptors (Lipinski definition) is 2. The van der Waals surface area contributed by atoms with Crippen LogP contribution in [-0.2, 0) is 0 Å². The molecule has 110 valence electrons. The minimum atomic E-state index is -1.22. The molecule has 1 fully saturated rings. The maximum Gasteiger partial charge on any atom is 0.257 e. The molecule has 2 heterocycles. The van der Waals surface area contributed by atoms with E-state index in [4.69, 9.17) is 0 Å². The van der Waals surface area contributed by atoms with Crippen LogP contribution in [0.4, 0.5) is 8.78 Å². The predicted octanol–water partition coefficient (Wildman–Crippen LogP) is 3.26. The molecule has 1 saturated heterocycles. The summed E-state index contributed by atoms with van der Waals surface area (Å²) in [7, 11) is 0. The highest BCUT2D eigenvalue weighted by Crippen LogP contribution is 2.34. The van der Waals surface area contributed by atoms with Gasteiger partial charge >= 0.3 is 0 Å². The van der Waals surface area contributed by atoms with Gasteiger partial charge in [-0.05, 0) is 30.2 Å². The number of rotatable bonds is 1. The van der Waals surface area contributed by atoms with Gasteiger partial charge in [-0.3, -0.25) is 4.79 Å². The second-order valence-electron chi connectivity index (χ2n) is 6.40. The second-order valence-corrected chi connectivity index (χ2v) is 6.40. The number of piperidine rings is 1. The molecule has 0 radical (unpaired) electrons. The average molecular weight is 282 g/mol. The van der Waals surface area contributed by atoms with Gasteiger partial charge in [-0.2, -0.15) is 4.39 Å². The molecule has 0 bridgehead atoms. The molecule has 0 atom stereocenters. The van der Waals surface area contributed by atoms with E-state index in [1.165, 1.54) is 6.07 Å². The van der Waals surface area contributed by atoms with Gasteiger partial charge in [0.2, 0.25) is 5.95 Å². The fourth-order valence-electron chi connectivity index (χ4n) is 2.70. The topological polar surface area (TPSA) is 33.2 Å². The molecule has 20 heavy (non-hydrogen) atoms. The first-order chi connectivity index (χ1) is 9.30. The van der Waals surface area contributed by atoms with Gasteiger partial charge in [0.05, 0.1) is 5.56 Å². The average Bonchev–Trinajstić information content (AvgIpc) is 2.40. The lowest BCUT2D eigenvalue weighted by atomic mass is 9.75. The Balaban J connectivity index is 2.07. The van der Waals surface area contributed by atoms with E-state index in [-0.39, 0.29) is 11.0 Å². The van der Waals surface area contributed by atoms with Gasteiger partial charge in [-0.15, -0.1) is 0 Å². The Hall–Kier alpha value is -1.52. The summed E-state index contributed by atoms with van der Waals surface area (Å²) in [5.74, 6) is -2.28. The molecule has 0 aromatic carbocycles. The van der Waals surface area contributed by atoms with Gasteiger partial charge < -0.3 is 4.90 Å². The van der Waals surface area contributed by atoms with Crippen molar-refractivity contribution < 1.29 is 13.6 Å². The summed E-state index contributed by atoms with van der Waals surface area (Å²) < 4.78 is 26.7. The quantitative estimate of drug-likeness (QED) is 0.741. The van der Waals surface area contributed by atoms with Crippen LogP contribution in [0.2, 0.25) is 0 Å². The highest BCUT2D eigenvalue weighted by Gasteiger charge is 2.31. The number of likely N-dealkylation sites (tertiary alicyclic amines) is 1. The van der Waals surface area contributed by atoms with Crippen LogP contribution in [0, 0.1) is 23.1 Å². The fourth-order valence-corrected chi connectivity index (χ4v) is 2.70. The lowest BCUT2D eigenvalue weighted by Gasteiger charge is -2.38. The number of carbonyl (C=O) groups excluding carboxylic acids is 1. The molecule has 0 aliphatic carbocycles. The molecule has 0 spiro atoms. The predicted molar refractivity (Wildman–Crippen MR) is 72.2 cm³/mol. The Kier molecular flexibility index (Phi) is 4.06. The van der Waals surface area contributed by atoms with Gasteiger partial charge in [0.1, 0.15) is 0 Å². The zero-order chi connectivity index (χ0) is 14.9. The van der Waals surface area contributed by atoms with Crippen LogP contribution in [0.25, 0.3) is 0 Å². The Morgan fingerprint density at radius 1 is 1.30 bits per heavy atom. The van der Waals surface area contributed by atoms with Gasteiger partial charge in [-0.25, -0.2) is 9.37 Å². The smallest absolute Gasteiger partial charge is 0.257 e. The number of aromatic nitrogens is 1. The summed E-state index contributed by atoms with van der Waals surface area (Å²) in [6.07, 6.45) is 2.91. The molecule has 0 saturated carbocycles. The molecule has 0 N–H and O–H groups in total. The molecular formula is C15H20F2N2O. The summed E-state index contributed by atoms with van der Waals surface area (Å²) in [6.45, 7) is 7.74. The third kappa shape index (κ3) is 2.97. The summed E-state index contributed by atoms with van der Waals surface area (Å²) in [4.78, 5) is 17.0. The van der Waals surface area contributed by atoms with E-state index < -0.39 is 17.7 Å². The van der Waals surface area contributed by atoms with E-state index in [9.17, 15) is 13.6 Å². The van der Waals surface area contributed by atoms with E-state index in [0.717, 1.165) is 19.0 Å². The van der Waals surface area contributed by atoms with Gasteiger partial charge in [-0.1, -0.05) is 20.8 Å². The van der Waals surface area contributed by atoms with E-state index in [2.05, 4.69) is 25.8 Å².